The van der Waals surface area contributed by atoms with Gasteiger partial charge in [-0.05, 0) is 60.0 Å². The van der Waals surface area contributed by atoms with Gasteiger partial charge in [0, 0.05) is 24.0 Å². The molecule has 7 nitrogen and oxygen atoms in total. The minimum Gasteiger partial charge on any atom is -0.288 e. The number of benzene rings is 2. The van der Waals surface area contributed by atoms with Crippen molar-refractivity contribution in [3.63, 3.8) is 0 Å². The number of nitrogens with zero attached hydrogens (tertiary/aromatic N) is 7. The van der Waals surface area contributed by atoms with Crippen LogP contribution in [0.2, 0.25) is 0 Å². The second kappa shape index (κ2) is 7.53. The van der Waals surface area contributed by atoms with Crippen LogP contribution in [0.4, 0.5) is 0 Å². The zero-order valence-corrected chi connectivity index (χ0v) is 18.0. The standard InChI is InChI=1S/C26H19N7/c1-17-23-15-29-24(25-8-9-30-32(25)16-19-4-2-18(12-27)3-5-19)11-26(23)33(31-17)22-7-6-20-13-28-14-21(20)10-22/h2-11,13,15H,14,16H2,1H3. The topological polar surface area (TPSA) is 84.7 Å². The monoisotopic (exact) mass is 429 g/mol. The van der Waals surface area contributed by atoms with Crippen LogP contribution >= 0.6 is 0 Å². The van der Waals surface area contributed by atoms with E-state index in [1.165, 1.54) is 11.1 Å². The maximum Gasteiger partial charge on any atom is 0.0991 e. The van der Waals surface area contributed by atoms with E-state index < -0.39 is 0 Å². The highest BCUT2D eigenvalue weighted by atomic mass is 15.3. The molecule has 0 saturated heterocycles. The summed E-state index contributed by atoms with van der Waals surface area (Å²) in [6.45, 7) is 3.31. The van der Waals surface area contributed by atoms with Gasteiger partial charge in [0.1, 0.15) is 0 Å². The molecule has 0 aliphatic carbocycles. The molecule has 0 unspecified atom stereocenters. The van der Waals surface area contributed by atoms with E-state index in [1.54, 1.807) is 6.20 Å². The van der Waals surface area contributed by atoms with Crippen molar-refractivity contribution in [3.8, 4) is 23.1 Å². The molecule has 0 N–H and O–H groups in total. The second-order valence-electron chi connectivity index (χ2n) is 8.12. The SMILES string of the molecule is Cc1nn(-c2ccc3c(c2)CN=C3)c2cc(-c3ccnn3Cc3ccc(C#N)cc3)ncc12. The molecule has 3 aromatic heterocycles. The number of aromatic nitrogens is 5. The Morgan fingerprint density at radius 1 is 1.06 bits per heavy atom. The average molecular weight is 429 g/mol. The van der Waals surface area contributed by atoms with Crippen LogP contribution in [0.15, 0.2) is 72.0 Å². The molecule has 0 spiro atoms. The molecule has 1 aliphatic heterocycles. The van der Waals surface area contributed by atoms with Crippen molar-refractivity contribution < 1.29 is 0 Å². The van der Waals surface area contributed by atoms with Crippen LogP contribution in [0.25, 0.3) is 28.0 Å². The predicted octanol–water partition coefficient (Wildman–Crippen LogP) is 4.44. The maximum atomic E-state index is 9.03. The van der Waals surface area contributed by atoms with E-state index >= 15 is 0 Å². The summed E-state index contributed by atoms with van der Waals surface area (Å²) < 4.78 is 3.91. The molecule has 7 heteroatoms. The number of pyridine rings is 1. The van der Waals surface area contributed by atoms with Gasteiger partial charge in [-0.15, -0.1) is 0 Å². The third-order valence-electron chi connectivity index (χ3n) is 6.01. The first-order valence-electron chi connectivity index (χ1n) is 10.7. The van der Waals surface area contributed by atoms with Crippen LogP contribution in [0.5, 0.6) is 0 Å². The van der Waals surface area contributed by atoms with E-state index in [2.05, 4.69) is 40.4 Å². The Balaban J connectivity index is 1.40. The predicted molar refractivity (Wildman–Crippen MR) is 126 cm³/mol. The highest BCUT2D eigenvalue weighted by Crippen LogP contribution is 2.28. The zero-order valence-electron chi connectivity index (χ0n) is 18.0. The molecule has 0 radical (unpaired) electrons. The molecule has 4 heterocycles. The van der Waals surface area contributed by atoms with Gasteiger partial charge in [0.05, 0.1) is 53.0 Å². The number of rotatable bonds is 4. The van der Waals surface area contributed by atoms with E-state index in [0.717, 1.165) is 39.2 Å². The van der Waals surface area contributed by atoms with Gasteiger partial charge in [-0.2, -0.15) is 15.5 Å². The molecule has 0 amide bonds. The number of aliphatic imine (C=N–C) groups is 1. The first-order chi connectivity index (χ1) is 16.2. The molecule has 0 saturated carbocycles. The van der Waals surface area contributed by atoms with Gasteiger partial charge >= 0.3 is 0 Å². The second-order valence-corrected chi connectivity index (χ2v) is 8.12. The molecule has 158 valence electrons. The van der Waals surface area contributed by atoms with Gasteiger partial charge in [-0.25, -0.2) is 4.68 Å². The zero-order chi connectivity index (χ0) is 22.4. The van der Waals surface area contributed by atoms with Crippen molar-refractivity contribution >= 4 is 17.1 Å². The lowest BCUT2D eigenvalue weighted by atomic mass is 10.1. The van der Waals surface area contributed by atoms with Gasteiger partial charge in [0.25, 0.3) is 0 Å². The van der Waals surface area contributed by atoms with E-state index in [0.29, 0.717) is 18.7 Å². The lowest BCUT2D eigenvalue weighted by Crippen LogP contribution is -2.04. The minimum absolute atomic E-state index is 0.594. The van der Waals surface area contributed by atoms with Gasteiger partial charge in [-0.1, -0.05) is 18.2 Å². The van der Waals surface area contributed by atoms with Crippen molar-refractivity contribution in [1.82, 2.24) is 24.5 Å². The van der Waals surface area contributed by atoms with Crippen LogP contribution in [0, 0.1) is 18.3 Å². The van der Waals surface area contributed by atoms with Crippen molar-refractivity contribution in [2.75, 3.05) is 0 Å². The van der Waals surface area contributed by atoms with Gasteiger partial charge < -0.3 is 0 Å². The number of fused-ring (bicyclic) bond motifs is 2. The summed E-state index contributed by atoms with van der Waals surface area (Å²) in [5, 5.41) is 19.4. The summed E-state index contributed by atoms with van der Waals surface area (Å²) in [4.78, 5) is 9.09. The van der Waals surface area contributed by atoms with Crippen molar-refractivity contribution in [2.24, 2.45) is 4.99 Å². The van der Waals surface area contributed by atoms with Crippen molar-refractivity contribution in [1.29, 1.82) is 5.26 Å². The molecular formula is C26H19N7. The normalized spacial score (nSPS) is 12.2. The molecule has 0 atom stereocenters. The van der Waals surface area contributed by atoms with Crippen molar-refractivity contribution in [2.45, 2.75) is 20.0 Å². The van der Waals surface area contributed by atoms with E-state index in [-0.39, 0.29) is 0 Å². The first-order valence-corrected chi connectivity index (χ1v) is 10.7. The smallest absolute Gasteiger partial charge is 0.0991 e. The van der Waals surface area contributed by atoms with Gasteiger partial charge in [0.15, 0.2) is 0 Å². The maximum absolute atomic E-state index is 9.03. The van der Waals surface area contributed by atoms with Crippen molar-refractivity contribution in [3.05, 3.63) is 94.9 Å². The molecule has 2 aromatic carbocycles. The molecule has 1 aliphatic rings. The molecule has 0 fully saturated rings. The third-order valence-corrected chi connectivity index (χ3v) is 6.01. The van der Waals surface area contributed by atoms with Crippen LogP contribution in [-0.2, 0) is 13.1 Å². The fourth-order valence-corrected chi connectivity index (χ4v) is 4.26. The Kier molecular flexibility index (Phi) is 4.37. The largest absolute Gasteiger partial charge is 0.288 e. The molecular weight excluding hydrogens is 410 g/mol. The fraction of sp³-hybridized carbons (Fsp3) is 0.115. The highest BCUT2D eigenvalue weighted by Gasteiger charge is 2.15. The summed E-state index contributed by atoms with van der Waals surface area (Å²) in [6.07, 6.45) is 5.59. The molecule has 33 heavy (non-hydrogen) atoms. The van der Waals surface area contributed by atoms with Gasteiger partial charge in [-0.3, -0.25) is 14.7 Å². The summed E-state index contributed by atoms with van der Waals surface area (Å²) in [7, 11) is 0. The highest BCUT2D eigenvalue weighted by molar-refractivity contribution is 5.87. The lowest BCUT2D eigenvalue weighted by Gasteiger charge is -2.09. The summed E-state index contributed by atoms with van der Waals surface area (Å²) in [5.74, 6) is 0. The molecule has 0 bridgehead atoms. The van der Waals surface area contributed by atoms with E-state index in [4.69, 9.17) is 15.3 Å². The minimum atomic E-state index is 0.594. The lowest BCUT2D eigenvalue weighted by molar-refractivity contribution is 0.693. The quantitative estimate of drug-likeness (QED) is 0.423. The Bertz CT molecular complexity index is 1580. The van der Waals surface area contributed by atoms with Crippen LogP contribution < -0.4 is 0 Å². The first kappa shape index (κ1) is 19.1. The number of hydrogen-bond donors (Lipinski definition) is 0. The summed E-state index contributed by atoms with van der Waals surface area (Å²) >= 11 is 0. The third kappa shape index (κ3) is 3.29. The average Bonchev–Trinajstić information content (AvgIpc) is 3.58. The molecule has 5 aromatic rings. The van der Waals surface area contributed by atoms with Crippen LogP contribution in [0.1, 0.15) is 27.9 Å². The summed E-state index contributed by atoms with van der Waals surface area (Å²) in [6, 6.07) is 20.1. The van der Waals surface area contributed by atoms with Crippen LogP contribution in [-0.4, -0.2) is 30.8 Å². The number of hydrogen-bond acceptors (Lipinski definition) is 5. The molecule has 6 rings (SSSR count). The number of aryl methyl sites for hydroxylation is 1. The Morgan fingerprint density at radius 2 is 1.94 bits per heavy atom. The van der Waals surface area contributed by atoms with Crippen LogP contribution in [0.3, 0.4) is 0 Å². The Morgan fingerprint density at radius 3 is 2.79 bits per heavy atom. The van der Waals surface area contributed by atoms with E-state index in [9.17, 15) is 0 Å². The van der Waals surface area contributed by atoms with Gasteiger partial charge in [0.2, 0.25) is 0 Å². The van der Waals surface area contributed by atoms with E-state index in [1.807, 2.05) is 59.0 Å². The number of nitriles is 1. The Labute approximate surface area is 190 Å². The fourth-order valence-electron chi connectivity index (χ4n) is 4.26. The summed E-state index contributed by atoms with van der Waals surface area (Å²) in [5.41, 5.74) is 8.81. The Hall–Kier alpha value is -4.57.